The number of urea groups is 1. The Morgan fingerprint density at radius 2 is 1.96 bits per heavy atom. The van der Waals surface area contributed by atoms with E-state index in [2.05, 4.69) is 21.5 Å². The van der Waals surface area contributed by atoms with Gasteiger partial charge in [0.25, 0.3) is 0 Å². The van der Waals surface area contributed by atoms with Crippen molar-refractivity contribution < 1.29 is 9.32 Å². The van der Waals surface area contributed by atoms with Gasteiger partial charge >= 0.3 is 6.03 Å². The third-order valence-electron chi connectivity index (χ3n) is 4.58. The second-order valence-electron chi connectivity index (χ2n) is 6.22. The minimum Gasteiger partial charge on any atom is -0.361 e. The number of aryl methyl sites for hydroxylation is 2. The van der Waals surface area contributed by atoms with Crippen molar-refractivity contribution in [1.29, 1.82) is 0 Å². The smallest absolute Gasteiger partial charge is 0.323 e. The fourth-order valence-electron chi connectivity index (χ4n) is 3.38. The Hall–Kier alpha value is -3.15. The zero-order valence-electron chi connectivity index (χ0n) is 14.3. The van der Waals surface area contributed by atoms with Gasteiger partial charge < -0.3 is 9.42 Å². The molecule has 0 radical (unpaired) electrons. The Labute approximate surface area is 145 Å². The van der Waals surface area contributed by atoms with Gasteiger partial charge in [0.1, 0.15) is 11.6 Å². The first-order valence-electron chi connectivity index (χ1n) is 8.08. The summed E-state index contributed by atoms with van der Waals surface area (Å²) in [5.41, 5.74) is 4.69. The zero-order valence-corrected chi connectivity index (χ0v) is 14.3. The van der Waals surface area contributed by atoms with Crippen molar-refractivity contribution in [2.75, 3.05) is 12.4 Å². The van der Waals surface area contributed by atoms with Crippen LogP contribution >= 0.6 is 0 Å². The molecule has 2 aromatic heterocycles. The second-order valence-corrected chi connectivity index (χ2v) is 6.22. The van der Waals surface area contributed by atoms with Crippen LogP contribution in [0.1, 0.15) is 28.6 Å². The van der Waals surface area contributed by atoms with Crippen LogP contribution in [0.3, 0.4) is 0 Å². The molecule has 2 amide bonds. The highest BCUT2D eigenvalue weighted by atomic mass is 16.5. The molecule has 25 heavy (non-hydrogen) atoms. The molecule has 1 N–H and O–H groups in total. The summed E-state index contributed by atoms with van der Waals surface area (Å²) in [5, 5.41) is 6.87. The average Bonchev–Trinajstić information content (AvgIpc) is 2.95. The number of aromatic nitrogens is 2. The largest absolute Gasteiger partial charge is 0.361 e. The lowest BCUT2D eigenvalue weighted by molar-refractivity contribution is 0.209. The monoisotopic (exact) mass is 334 g/mol. The molecule has 4 rings (SSSR count). The van der Waals surface area contributed by atoms with E-state index in [4.69, 9.17) is 4.52 Å². The SMILES string of the molecule is Cc1noc(C)c1-c1cnc2c(c1)C(c1ccccc1)N(C)C(=O)N2. The van der Waals surface area contributed by atoms with E-state index in [1.807, 2.05) is 44.2 Å². The Kier molecular flexibility index (Phi) is 3.53. The van der Waals surface area contributed by atoms with E-state index >= 15 is 0 Å². The van der Waals surface area contributed by atoms with Crippen molar-refractivity contribution in [2.45, 2.75) is 19.9 Å². The molecule has 1 aliphatic heterocycles. The number of carbonyl (C=O) groups excluding carboxylic acids is 1. The summed E-state index contributed by atoms with van der Waals surface area (Å²) in [7, 11) is 1.79. The molecule has 6 nitrogen and oxygen atoms in total. The number of rotatable bonds is 2. The van der Waals surface area contributed by atoms with Crippen molar-refractivity contribution in [3.05, 3.63) is 65.2 Å². The normalized spacial score (nSPS) is 16.5. The maximum Gasteiger partial charge on any atom is 0.323 e. The first-order valence-corrected chi connectivity index (χ1v) is 8.08. The van der Waals surface area contributed by atoms with E-state index in [1.165, 1.54) is 0 Å². The molecule has 1 atom stereocenters. The van der Waals surface area contributed by atoms with E-state index in [-0.39, 0.29) is 12.1 Å². The molecule has 0 bridgehead atoms. The van der Waals surface area contributed by atoms with E-state index in [0.29, 0.717) is 5.82 Å². The van der Waals surface area contributed by atoms with E-state index in [0.717, 1.165) is 33.7 Å². The van der Waals surface area contributed by atoms with Crippen molar-refractivity contribution in [1.82, 2.24) is 15.0 Å². The Bertz CT molecular complexity index is 930. The van der Waals surface area contributed by atoms with Crippen LogP contribution in [-0.2, 0) is 0 Å². The highest BCUT2D eigenvalue weighted by molar-refractivity contribution is 5.92. The predicted molar refractivity (Wildman–Crippen MR) is 94.3 cm³/mol. The number of hydrogen-bond donors (Lipinski definition) is 1. The standard InChI is InChI=1S/C19H18N4O2/c1-11-16(12(2)25-22-11)14-9-15-17(13-7-5-4-6-8-13)23(3)19(24)21-18(15)20-10-14/h4-10,17H,1-3H3,(H,20,21,24). The quantitative estimate of drug-likeness (QED) is 0.771. The van der Waals surface area contributed by atoms with Crippen LogP contribution in [0.15, 0.2) is 47.1 Å². The molecule has 1 aromatic carbocycles. The van der Waals surface area contributed by atoms with E-state index < -0.39 is 0 Å². The highest BCUT2D eigenvalue weighted by Crippen LogP contribution is 2.38. The lowest BCUT2D eigenvalue weighted by Crippen LogP contribution is -2.40. The van der Waals surface area contributed by atoms with E-state index in [1.54, 1.807) is 18.1 Å². The number of carbonyl (C=O) groups is 1. The van der Waals surface area contributed by atoms with Crippen LogP contribution in [0.5, 0.6) is 0 Å². The van der Waals surface area contributed by atoms with Gasteiger partial charge in [-0.25, -0.2) is 9.78 Å². The van der Waals surface area contributed by atoms with Crippen LogP contribution in [0, 0.1) is 13.8 Å². The van der Waals surface area contributed by atoms with E-state index in [9.17, 15) is 4.79 Å². The molecule has 0 saturated heterocycles. The van der Waals surface area contributed by atoms with Crippen LogP contribution in [0.2, 0.25) is 0 Å². The van der Waals surface area contributed by atoms with Crippen molar-refractivity contribution in [3.63, 3.8) is 0 Å². The molecular weight excluding hydrogens is 316 g/mol. The summed E-state index contributed by atoms with van der Waals surface area (Å²) in [6, 6.07) is 11.6. The number of nitrogens with zero attached hydrogens (tertiary/aromatic N) is 3. The first-order chi connectivity index (χ1) is 12.1. The number of pyridine rings is 1. The van der Waals surface area contributed by atoms with Gasteiger partial charge in [-0.15, -0.1) is 0 Å². The molecule has 0 saturated carbocycles. The summed E-state index contributed by atoms with van der Waals surface area (Å²) in [5.74, 6) is 1.34. The van der Waals surface area contributed by atoms with Crippen LogP contribution < -0.4 is 5.32 Å². The van der Waals surface area contributed by atoms with Gasteiger partial charge in [-0.3, -0.25) is 5.32 Å². The van der Waals surface area contributed by atoms with Crippen LogP contribution in [0.4, 0.5) is 10.6 Å². The molecule has 0 spiro atoms. The molecule has 6 heteroatoms. The predicted octanol–water partition coefficient (Wildman–Crippen LogP) is 3.92. The van der Waals surface area contributed by atoms with Crippen molar-refractivity contribution in [2.24, 2.45) is 0 Å². The zero-order chi connectivity index (χ0) is 17.6. The third-order valence-corrected chi connectivity index (χ3v) is 4.58. The number of benzene rings is 1. The topological polar surface area (TPSA) is 71.3 Å². The second kappa shape index (κ2) is 5.73. The summed E-state index contributed by atoms with van der Waals surface area (Å²) < 4.78 is 5.29. The lowest BCUT2D eigenvalue weighted by atomic mass is 9.94. The van der Waals surface area contributed by atoms with Gasteiger partial charge in [-0.2, -0.15) is 0 Å². The summed E-state index contributed by atoms with van der Waals surface area (Å²) in [6.45, 7) is 3.80. The van der Waals surface area contributed by atoms with Crippen LogP contribution in [-0.4, -0.2) is 28.1 Å². The molecule has 1 unspecified atom stereocenters. The number of hydrogen-bond acceptors (Lipinski definition) is 4. The number of amides is 2. The fourth-order valence-corrected chi connectivity index (χ4v) is 3.38. The Balaban J connectivity index is 1.90. The molecular formula is C19H18N4O2. The van der Waals surface area contributed by atoms with Crippen molar-refractivity contribution in [3.8, 4) is 11.1 Å². The number of nitrogens with one attached hydrogen (secondary N) is 1. The maximum absolute atomic E-state index is 12.3. The number of fused-ring (bicyclic) bond motifs is 1. The highest BCUT2D eigenvalue weighted by Gasteiger charge is 2.32. The van der Waals surface area contributed by atoms with Gasteiger partial charge in [-0.05, 0) is 25.5 Å². The maximum atomic E-state index is 12.3. The van der Waals surface area contributed by atoms with Gasteiger partial charge in [0.2, 0.25) is 0 Å². The molecule has 3 heterocycles. The fraction of sp³-hybridized carbons (Fsp3) is 0.211. The van der Waals surface area contributed by atoms with Crippen LogP contribution in [0.25, 0.3) is 11.1 Å². The summed E-state index contributed by atoms with van der Waals surface area (Å²) in [6.07, 6.45) is 1.75. The van der Waals surface area contributed by atoms with Gasteiger partial charge in [0.15, 0.2) is 0 Å². The van der Waals surface area contributed by atoms with Gasteiger partial charge in [0.05, 0.1) is 11.7 Å². The third kappa shape index (κ3) is 2.46. The average molecular weight is 334 g/mol. The number of anilines is 1. The van der Waals surface area contributed by atoms with Gasteiger partial charge in [0, 0.05) is 29.9 Å². The lowest BCUT2D eigenvalue weighted by Gasteiger charge is -2.34. The summed E-state index contributed by atoms with van der Waals surface area (Å²) >= 11 is 0. The Morgan fingerprint density at radius 3 is 2.64 bits per heavy atom. The molecule has 3 aromatic rings. The molecule has 0 aliphatic carbocycles. The minimum absolute atomic E-state index is 0.168. The minimum atomic E-state index is -0.196. The first kappa shape index (κ1) is 15.4. The Morgan fingerprint density at radius 1 is 1.20 bits per heavy atom. The molecule has 0 fully saturated rings. The molecule has 126 valence electrons. The van der Waals surface area contributed by atoms with Crippen molar-refractivity contribution >= 4 is 11.8 Å². The summed E-state index contributed by atoms with van der Waals surface area (Å²) in [4.78, 5) is 18.5. The van der Waals surface area contributed by atoms with Gasteiger partial charge in [-0.1, -0.05) is 35.5 Å². The molecule has 1 aliphatic rings.